The van der Waals surface area contributed by atoms with E-state index in [2.05, 4.69) is 23.3 Å². The summed E-state index contributed by atoms with van der Waals surface area (Å²) in [6.45, 7) is 4.27. The van der Waals surface area contributed by atoms with Gasteiger partial charge in [-0.25, -0.2) is 4.98 Å². The molecule has 0 saturated heterocycles. The number of aryl methyl sites for hydroxylation is 1. The van der Waals surface area contributed by atoms with Crippen LogP contribution in [-0.4, -0.2) is 23.1 Å². The molecule has 1 aliphatic carbocycles. The Bertz CT molecular complexity index is 550. The van der Waals surface area contributed by atoms with Gasteiger partial charge in [0.2, 0.25) is 0 Å². The number of hydrogen-bond donors (Lipinski definition) is 1. The van der Waals surface area contributed by atoms with Crippen LogP contribution in [0.15, 0.2) is 24.5 Å². The molecule has 3 nitrogen and oxygen atoms in total. The summed E-state index contributed by atoms with van der Waals surface area (Å²) in [6.07, 6.45) is 8.47. The minimum absolute atomic E-state index is 0.609. The highest BCUT2D eigenvalue weighted by Gasteiger charge is 2.24. The maximum absolute atomic E-state index is 4.93. The Labute approximate surface area is 124 Å². The van der Waals surface area contributed by atoms with Gasteiger partial charge in [-0.2, -0.15) is 0 Å². The van der Waals surface area contributed by atoms with E-state index < -0.39 is 0 Å². The van der Waals surface area contributed by atoms with Crippen molar-refractivity contribution in [3.8, 4) is 0 Å². The third-order valence-corrected chi connectivity index (χ3v) is 4.96. The summed E-state index contributed by atoms with van der Waals surface area (Å²) in [6, 6.07) is 4.13. The lowest BCUT2D eigenvalue weighted by Crippen LogP contribution is -2.24. The smallest absolute Gasteiger partial charge is 0.0975 e. The quantitative estimate of drug-likeness (QED) is 0.918. The van der Waals surface area contributed by atoms with Crippen LogP contribution in [0.1, 0.15) is 46.8 Å². The average Bonchev–Trinajstić information content (AvgIpc) is 2.89. The topological polar surface area (TPSA) is 37.8 Å². The predicted octanol–water partition coefficient (Wildman–Crippen LogP) is 3.16. The van der Waals surface area contributed by atoms with Gasteiger partial charge in [-0.15, -0.1) is 11.3 Å². The molecule has 2 aromatic heterocycles. The molecule has 2 heterocycles. The van der Waals surface area contributed by atoms with Crippen LogP contribution >= 0.6 is 11.3 Å². The van der Waals surface area contributed by atoms with Gasteiger partial charge in [0.15, 0.2) is 0 Å². The molecule has 3 rings (SSSR count). The molecule has 0 amide bonds. The van der Waals surface area contributed by atoms with E-state index in [0.717, 1.165) is 19.5 Å². The van der Waals surface area contributed by atoms with Crippen molar-refractivity contribution >= 4 is 11.3 Å². The Kier molecular flexibility index (Phi) is 4.43. The summed E-state index contributed by atoms with van der Waals surface area (Å²) < 4.78 is 0. The van der Waals surface area contributed by atoms with Crippen molar-refractivity contribution in [1.29, 1.82) is 0 Å². The molecular weight excluding hydrogens is 266 g/mol. The van der Waals surface area contributed by atoms with Crippen molar-refractivity contribution in [2.45, 2.75) is 38.5 Å². The zero-order valence-electron chi connectivity index (χ0n) is 11.9. The number of thiazole rings is 1. The van der Waals surface area contributed by atoms with E-state index in [4.69, 9.17) is 4.98 Å². The SMILES string of the molecule is CCNCC1CCCc2sc(Cc3cccnc3)nc21. The Hall–Kier alpha value is -1.26. The van der Waals surface area contributed by atoms with Gasteiger partial charge in [0, 0.05) is 36.2 Å². The second-order valence-corrected chi connectivity index (χ2v) is 6.52. The first kappa shape index (κ1) is 13.7. The van der Waals surface area contributed by atoms with Crippen LogP contribution in [0.2, 0.25) is 0 Å². The van der Waals surface area contributed by atoms with E-state index in [1.54, 1.807) is 0 Å². The molecule has 106 valence electrons. The zero-order chi connectivity index (χ0) is 13.8. The third kappa shape index (κ3) is 3.07. The molecule has 0 aromatic carbocycles. The van der Waals surface area contributed by atoms with Crippen LogP contribution in [0, 0.1) is 0 Å². The largest absolute Gasteiger partial charge is 0.316 e. The first-order valence-corrected chi connectivity index (χ1v) is 8.26. The molecule has 2 aromatic rings. The fraction of sp³-hybridized carbons (Fsp3) is 0.500. The number of hydrogen-bond acceptors (Lipinski definition) is 4. The van der Waals surface area contributed by atoms with Crippen molar-refractivity contribution in [3.63, 3.8) is 0 Å². The van der Waals surface area contributed by atoms with Crippen molar-refractivity contribution < 1.29 is 0 Å². The summed E-state index contributed by atoms with van der Waals surface area (Å²) >= 11 is 1.90. The van der Waals surface area contributed by atoms with Gasteiger partial charge in [0.25, 0.3) is 0 Å². The van der Waals surface area contributed by atoms with Crippen LogP contribution < -0.4 is 5.32 Å². The van der Waals surface area contributed by atoms with Crippen molar-refractivity contribution in [2.24, 2.45) is 0 Å². The molecule has 0 radical (unpaired) electrons. The predicted molar refractivity (Wildman–Crippen MR) is 83.4 cm³/mol. The zero-order valence-corrected chi connectivity index (χ0v) is 12.7. The Morgan fingerprint density at radius 3 is 3.20 bits per heavy atom. The van der Waals surface area contributed by atoms with Crippen LogP contribution in [0.25, 0.3) is 0 Å². The molecular formula is C16H21N3S. The Morgan fingerprint density at radius 1 is 1.45 bits per heavy atom. The van der Waals surface area contributed by atoms with Crippen molar-refractivity contribution in [2.75, 3.05) is 13.1 Å². The molecule has 1 unspecified atom stereocenters. The van der Waals surface area contributed by atoms with E-state index in [1.165, 1.54) is 40.4 Å². The van der Waals surface area contributed by atoms with Gasteiger partial charge in [-0.1, -0.05) is 13.0 Å². The van der Waals surface area contributed by atoms with E-state index in [0.29, 0.717) is 5.92 Å². The fourth-order valence-electron chi connectivity index (χ4n) is 2.83. The summed E-state index contributed by atoms with van der Waals surface area (Å²) in [5.74, 6) is 0.609. The lowest BCUT2D eigenvalue weighted by molar-refractivity contribution is 0.508. The van der Waals surface area contributed by atoms with E-state index >= 15 is 0 Å². The molecule has 1 N–H and O–H groups in total. The number of aromatic nitrogens is 2. The van der Waals surface area contributed by atoms with Crippen molar-refractivity contribution in [3.05, 3.63) is 45.7 Å². The van der Waals surface area contributed by atoms with Gasteiger partial charge < -0.3 is 5.32 Å². The Balaban J connectivity index is 1.77. The lowest BCUT2D eigenvalue weighted by atomic mass is 9.91. The molecule has 0 saturated carbocycles. The van der Waals surface area contributed by atoms with Crippen LogP contribution in [0.4, 0.5) is 0 Å². The van der Waals surface area contributed by atoms with E-state index in [9.17, 15) is 0 Å². The summed E-state index contributed by atoms with van der Waals surface area (Å²) in [5, 5.41) is 4.71. The van der Waals surface area contributed by atoms with Crippen LogP contribution in [0.5, 0.6) is 0 Å². The number of nitrogens with zero attached hydrogens (tertiary/aromatic N) is 2. The summed E-state index contributed by atoms with van der Waals surface area (Å²) in [7, 11) is 0. The maximum Gasteiger partial charge on any atom is 0.0975 e. The normalized spacial score (nSPS) is 17.9. The maximum atomic E-state index is 4.93. The third-order valence-electron chi connectivity index (χ3n) is 3.83. The van der Waals surface area contributed by atoms with E-state index in [-0.39, 0.29) is 0 Å². The molecule has 0 aliphatic heterocycles. The highest BCUT2D eigenvalue weighted by Crippen LogP contribution is 2.35. The fourth-order valence-corrected chi connectivity index (χ4v) is 4.06. The molecule has 4 heteroatoms. The molecule has 1 atom stereocenters. The minimum atomic E-state index is 0.609. The number of nitrogens with one attached hydrogen (secondary N) is 1. The summed E-state index contributed by atoms with van der Waals surface area (Å²) in [4.78, 5) is 10.6. The molecule has 1 aliphatic rings. The molecule has 20 heavy (non-hydrogen) atoms. The highest BCUT2D eigenvalue weighted by molar-refractivity contribution is 7.11. The molecule has 0 bridgehead atoms. The second kappa shape index (κ2) is 6.46. The van der Waals surface area contributed by atoms with Crippen LogP contribution in [-0.2, 0) is 12.8 Å². The minimum Gasteiger partial charge on any atom is -0.316 e. The Morgan fingerprint density at radius 2 is 2.40 bits per heavy atom. The number of likely N-dealkylation sites (N-methyl/N-ethyl adjacent to an activating group) is 1. The number of fused-ring (bicyclic) bond motifs is 1. The standard InChI is InChI=1S/C16H21N3S/c1-2-17-11-13-6-3-7-14-16(13)19-15(20-14)9-12-5-4-8-18-10-12/h4-5,8,10,13,17H,2-3,6-7,9,11H2,1H3. The van der Waals surface area contributed by atoms with Gasteiger partial charge in [0.05, 0.1) is 10.7 Å². The monoisotopic (exact) mass is 287 g/mol. The van der Waals surface area contributed by atoms with Gasteiger partial charge >= 0.3 is 0 Å². The van der Waals surface area contributed by atoms with Gasteiger partial charge in [-0.3, -0.25) is 4.98 Å². The molecule has 0 fully saturated rings. The average molecular weight is 287 g/mol. The first-order chi connectivity index (χ1) is 9.86. The summed E-state index contributed by atoms with van der Waals surface area (Å²) in [5.41, 5.74) is 2.61. The first-order valence-electron chi connectivity index (χ1n) is 7.45. The van der Waals surface area contributed by atoms with E-state index in [1.807, 2.05) is 29.8 Å². The van der Waals surface area contributed by atoms with Crippen molar-refractivity contribution in [1.82, 2.24) is 15.3 Å². The molecule has 0 spiro atoms. The van der Waals surface area contributed by atoms with Gasteiger partial charge in [-0.05, 0) is 37.4 Å². The highest BCUT2D eigenvalue weighted by atomic mass is 32.1. The van der Waals surface area contributed by atoms with Gasteiger partial charge in [0.1, 0.15) is 0 Å². The lowest BCUT2D eigenvalue weighted by Gasteiger charge is -2.21. The number of pyridine rings is 1. The number of rotatable bonds is 5. The van der Waals surface area contributed by atoms with Crippen LogP contribution in [0.3, 0.4) is 0 Å². The second-order valence-electron chi connectivity index (χ2n) is 5.35.